The quantitative estimate of drug-likeness (QED) is 0.678. The fraction of sp³-hybridized carbons (Fsp3) is 0.556. The van der Waals surface area contributed by atoms with Crippen LogP contribution in [0.2, 0.25) is 5.15 Å². The first-order valence-electron chi connectivity index (χ1n) is 4.74. The topological polar surface area (TPSA) is 59.1 Å². The van der Waals surface area contributed by atoms with Gasteiger partial charge in [0.2, 0.25) is 0 Å². The molecule has 0 atom stereocenters. The molecule has 1 aromatic heterocycles. The van der Waals surface area contributed by atoms with Crippen LogP contribution in [0.5, 0.6) is 0 Å². The van der Waals surface area contributed by atoms with E-state index < -0.39 is 0 Å². The van der Waals surface area contributed by atoms with E-state index >= 15 is 0 Å². The first kappa shape index (κ1) is 12.2. The van der Waals surface area contributed by atoms with Crippen LogP contribution in [-0.2, 0) is 4.74 Å². The van der Waals surface area contributed by atoms with E-state index in [0.29, 0.717) is 11.0 Å². The van der Waals surface area contributed by atoms with Crippen LogP contribution in [0.4, 0.5) is 5.82 Å². The second-order valence-corrected chi connectivity index (χ2v) is 3.28. The molecule has 0 unspecified atom stereocenters. The Morgan fingerprint density at radius 1 is 1.33 bits per heavy atom. The minimum Gasteiger partial charge on any atom is -0.383 e. The number of rotatable bonds is 7. The highest BCUT2D eigenvalue weighted by molar-refractivity contribution is 6.29. The van der Waals surface area contributed by atoms with Crippen molar-refractivity contribution in [3.05, 3.63) is 17.5 Å². The fourth-order valence-electron chi connectivity index (χ4n) is 1.01. The highest BCUT2D eigenvalue weighted by Crippen LogP contribution is 2.05. The molecule has 0 aliphatic rings. The summed E-state index contributed by atoms with van der Waals surface area (Å²) in [5.74, 6) is 0.691. The predicted octanol–water partition coefficient (Wildman–Crippen LogP) is 0.778. The third kappa shape index (κ3) is 5.51. The van der Waals surface area contributed by atoms with Crippen molar-refractivity contribution < 1.29 is 4.74 Å². The zero-order valence-electron chi connectivity index (χ0n) is 8.66. The zero-order valence-corrected chi connectivity index (χ0v) is 9.42. The molecule has 0 saturated heterocycles. The Labute approximate surface area is 94.2 Å². The van der Waals surface area contributed by atoms with Gasteiger partial charge in [-0.1, -0.05) is 11.6 Å². The first-order valence-corrected chi connectivity index (χ1v) is 5.12. The van der Waals surface area contributed by atoms with Crippen molar-refractivity contribution in [3.8, 4) is 0 Å². The van der Waals surface area contributed by atoms with Crippen LogP contribution >= 0.6 is 11.6 Å². The van der Waals surface area contributed by atoms with Gasteiger partial charge in [0.1, 0.15) is 11.0 Å². The van der Waals surface area contributed by atoms with Crippen LogP contribution in [-0.4, -0.2) is 43.3 Å². The van der Waals surface area contributed by atoms with Crippen LogP contribution in [0.3, 0.4) is 0 Å². The summed E-state index contributed by atoms with van der Waals surface area (Å²) in [6.45, 7) is 3.19. The van der Waals surface area contributed by atoms with Gasteiger partial charge in [0.25, 0.3) is 0 Å². The van der Waals surface area contributed by atoms with Gasteiger partial charge in [0.15, 0.2) is 0 Å². The minimum absolute atomic E-state index is 0.396. The summed E-state index contributed by atoms with van der Waals surface area (Å²) in [6, 6.07) is 0. The Bertz CT molecular complexity index is 285. The summed E-state index contributed by atoms with van der Waals surface area (Å²) in [6.07, 6.45) is 3.14. The lowest BCUT2D eigenvalue weighted by Gasteiger charge is -2.06. The molecule has 1 rings (SSSR count). The third-order valence-corrected chi connectivity index (χ3v) is 1.88. The van der Waals surface area contributed by atoms with Crippen molar-refractivity contribution in [2.24, 2.45) is 0 Å². The molecule has 0 saturated carbocycles. The molecule has 15 heavy (non-hydrogen) atoms. The normalized spacial score (nSPS) is 10.3. The highest BCUT2D eigenvalue weighted by Gasteiger charge is 1.94. The zero-order chi connectivity index (χ0) is 10.9. The lowest BCUT2D eigenvalue weighted by Crippen LogP contribution is -2.25. The van der Waals surface area contributed by atoms with E-state index in [-0.39, 0.29) is 0 Å². The second-order valence-electron chi connectivity index (χ2n) is 2.90. The highest BCUT2D eigenvalue weighted by atomic mass is 35.5. The number of aromatic nitrogens is 2. The van der Waals surface area contributed by atoms with Gasteiger partial charge < -0.3 is 15.4 Å². The largest absolute Gasteiger partial charge is 0.383 e. The molecule has 0 aliphatic heterocycles. The maximum Gasteiger partial charge on any atom is 0.149 e. The number of methoxy groups -OCH3 is 1. The van der Waals surface area contributed by atoms with Gasteiger partial charge in [-0.2, -0.15) is 0 Å². The minimum atomic E-state index is 0.396. The Balaban J connectivity index is 2.10. The van der Waals surface area contributed by atoms with Gasteiger partial charge in [0, 0.05) is 26.7 Å². The Hall–Kier alpha value is -0.910. The number of hydrogen-bond acceptors (Lipinski definition) is 5. The van der Waals surface area contributed by atoms with E-state index in [9.17, 15) is 0 Å². The Morgan fingerprint density at radius 2 is 2.20 bits per heavy atom. The van der Waals surface area contributed by atoms with Crippen LogP contribution in [0, 0.1) is 0 Å². The van der Waals surface area contributed by atoms with E-state index in [0.717, 1.165) is 26.2 Å². The molecular formula is C9H15ClN4O. The maximum atomic E-state index is 5.68. The summed E-state index contributed by atoms with van der Waals surface area (Å²) < 4.78 is 4.90. The number of nitrogens with zero attached hydrogens (tertiary/aromatic N) is 2. The molecule has 6 heteroatoms. The molecule has 0 aliphatic carbocycles. The van der Waals surface area contributed by atoms with Gasteiger partial charge in [-0.05, 0) is 0 Å². The van der Waals surface area contributed by atoms with Crippen molar-refractivity contribution in [1.29, 1.82) is 0 Å². The summed E-state index contributed by atoms with van der Waals surface area (Å²) in [4.78, 5) is 7.96. The van der Waals surface area contributed by atoms with Crippen LogP contribution in [0.15, 0.2) is 12.4 Å². The fourth-order valence-corrected chi connectivity index (χ4v) is 1.15. The second kappa shape index (κ2) is 7.39. The average molecular weight is 231 g/mol. The molecule has 0 fully saturated rings. The van der Waals surface area contributed by atoms with E-state index in [1.165, 1.54) is 6.20 Å². The smallest absolute Gasteiger partial charge is 0.149 e. The third-order valence-electron chi connectivity index (χ3n) is 1.70. The van der Waals surface area contributed by atoms with E-state index in [4.69, 9.17) is 16.3 Å². The predicted molar refractivity (Wildman–Crippen MR) is 60.3 cm³/mol. The first-order chi connectivity index (χ1) is 7.33. The molecule has 0 bridgehead atoms. The molecule has 1 aromatic rings. The van der Waals surface area contributed by atoms with Crippen molar-refractivity contribution in [2.75, 3.05) is 38.7 Å². The molecular weight excluding hydrogens is 216 g/mol. The summed E-state index contributed by atoms with van der Waals surface area (Å²) >= 11 is 5.68. The van der Waals surface area contributed by atoms with Gasteiger partial charge in [0.05, 0.1) is 19.0 Å². The van der Waals surface area contributed by atoms with Crippen molar-refractivity contribution in [2.45, 2.75) is 0 Å². The van der Waals surface area contributed by atoms with Gasteiger partial charge in [-0.25, -0.2) is 4.98 Å². The number of hydrogen-bond donors (Lipinski definition) is 2. The van der Waals surface area contributed by atoms with Gasteiger partial charge in [-0.15, -0.1) is 0 Å². The molecule has 0 spiro atoms. The van der Waals surface area contributed by atoms with Crippen LogP contribution in [0.1, 0.15) is 0 Å². The number of anilines is 1. The molecule has 1 heterocycles. The SMILES string of the molecule is COCCNCCNc1cncc(Cl)n1. The summed E-state index contributed by atoms with van der Waals surface area (Å²) in [7, 11) is 1.68. The van der Waals surface area contributed by atoms with Crippen molar-refractivity contribution >= 4 is 17.4 Å². The number of ether oxygens (including phenoxy) is 1. The summed E-state index contributed by atoms with van der Waals surface area (Å²) in [5.41, 5.74) is 0. The van der Waals surface area contributed by atoms with Crippen LogP contribution in [0.25, 0.3) is 0 Å². The molecule has 5 nitrogen and oxygen atoms in total. The summed E-state index contributed by atoms with van der Waals surface area (Å²) in [5, 5.41) is 6.70. The lowest BCUT2D eigenvalue weighted by atomic mass is 10.5. The van der Waals surface area contributed by atoms with Crippen molar-refractivity contribution in [3.63, 3.8) is 0 Å². The molecule has 0 aromatic carbocycles. The van der Waals surface area contributed by atoms with E-state index in [1.54, 1.807) is 13.3 Å². The molecule has 0 radical (unpaired) electrons. The number of nitrogens with one attached hydrogen (secondary N) is 2. The maximum absolute atomic E-state index is 5.68. The molecule has 84 valence electrons. The van der Waals surface area contributed by atoms with Crippen LogP contribution < -0.4 is 10.6 Å². The standard InChI is InChI=1S/C9H15ClN4O/c1-15-5-4-11-2-3-13-9-7-12-6-8(10)14-9/h6-7,11H,2-5H2,1H3,(H,13,14). The average Bonchev–Trinajstić information content (AvgIpc) is 2.23. The Kier molecular flexibility index (Phi) is 5.99. The molecule has 0 amide bonds. The van der Waals surface area contributed by atoms with E-state index in [2.05, 4.69) is 20.6 Å². The van der Waals surface area contributed by atoms with Gasteiger partial charge >= 0.3 is 0 Å². The molecule has 2 N–H and O–H groups in total. The van der Waals surface area contributed by atoms with E-state index in [1.807, 2.05) is 0 Å². The van der Waals surface area contributed by atoms with Gasteiger partial charge in [-0.3, -0.25) is 4.98 Å². The Morgan fingerprint density at radius 3 is 2.93 bits per heavy atom. The number of halogens is 1. The monoisotopic (exact) mass is 230 g/mol. The van der Waals surface area contributed by atoms with Crippen molar-refractivity contribution in [1.82, 2.24) is 15.3 Å². The lowest BCUT2D eigenvalue weighted by molar-refractivity contribution is 0.200.